The molecule has 7 heteroatoms. The maximum Gasteiger partial charge on any atom is 0.260 e. The molecule has 0 atom stereocenters. The predicted molar refractivity (Wildman–Crippen MR) is 37.9 cm³/mol. The van der Waals surface area contributed by atoms with Gasteiger partial charge in [0.25, 0.3) is 5.56 Å². The molecular formula is C5H4MoN5O-. The van der Waals surface area contributed by atoms with Gasteiger partial charge in [0, 0.05) is 26.7 Å². The zero-order valence-electron chi connectivity index (χ0n) is 5.81. The molecule has 0 amide bonds. The summed E-state index contributed by atoms with van der Waals surface area (Å²) < 4.78 is 0. The van der Waals surface area contributed by atoms with Crippen molar-refractivity contribution in [1.82, 2.24) is 19.9 Å². The molecular weight excluding hydrogens is 242 g/mol. The van der Waals surface area contributed by atoms with Gasteiger partial charge in [-0.15, -0.1) is 0 Å². The monoisotopic (exact) mass is 248 g/mol. The van der Waals surface area contributed by atoms with Crippen LogP contribution in [0.25, 0.3) is 11.2 Å². The zero-order chi connectivity index (χ0) is 7.84. The topological polar surface area (TPSA) is 98.8 Å². The van der Waals surface area contributed by atoms with Crippen molar-refractivity contribution in [2.24, 2.45) is 0 Å². The van der Waals surface area contributed by atoms with Crippen LogP contribution in [0.5, 0.6) is 0 Å². The van der Waals surface area contributed by atoms with Gasteiger partial charge >= 0.3 is 0 Å². The second-order valence-corrected chi connectivity index (χ2v) is 2.00. The van der Waals surface area contributed by atoms with Crippen LogP contribution in [0.2, 0.25) is 0 Å². The predicted octanol–water partition coefficient (Wildman–Crippen LogP) is -1.15. The van der Waals surface area contributed by atoms with E-state index in [1.807, 2.05) is 0 Å². The number of aromatic amines is 1. The van der Waals surface area contributed by atoms with Crippen LogP contribution in [0.3, 0.4) is 0 Å². The molecule has 2 aromatic rings. The maximum absolute atomic E-state index is 11.0. The van der Waals surface area contributed by atoms with Gasteiger partial charge in [-0.2, -0.15) is 0 Å². The van der Waals surface area contributed by atoms with Crippen molar-refractivity contribution in [3.8, 4) is 0 Å². The average molecular weight is 246 g/mol. The first-order chi connectivity index (χ1) is 5.27. The van der Waals surface area contributed by atoms with Crippen molar-refractivity contribution in [2.45, 2.75) is 0 Å². The summed E-state index contributed by atoms with van der Waals surface area (Å²) in [7, 11) is 0. The standard InChI is InChI=1S/C5H5N5O.Mo/c6-5-9-3-2(4(11)10-5)7-1-8-3;/h1H,(H4,6,7,8,9,10,11);/p-1. The Morgan fingerprint density at radius 2 is 2.33 bits per heavy atom. The van der Waals surface area contributed by atoms with Crippen LogP contribution < -0.4 is 16.3 Å². The Bertz CT molecular complexity index is 446. The summed E-state index contributed by atoms with van der Waals surface area (Å²) in [5, 5.41) is 0. The third-order valence-electron chi connectivity index (χ3n) is 1.26. The minimum Gasteiger partial charge on any atom is -0.382 e. The van der Waals surface area contributed by atoms with Crippen molar-refractivity contribution in [1.29, 1.82) is 0 Å². The van der Waals surface area contributed by atoms with E-state index >= 15 is 0 Å². The number of nitrogens with two attached hydrogens (primary N) is 1. The van der Waals surface area contributed by atoms with Crippen LogP contribution in [0.15, 0.2) is 11.1 Å². The normalized spacial score (nSPS) is 9.67. The smallest absolute Gasteiger partial charge is 0.260 e. The van der Waals surface area contributed by atoms with Gasteiger partial charge in [-0.05, 0) is 6.33 Å². The van der Waals surface area contributed by atoms with E-state index in [1.165, 1.54) is 6.33 Å². The number of nitrogens with zero attached hydrogens (tertiary/aromatic N) is 3. The first-order valence-electron chi connectivity index (χ1n) is 2.90. The molecule has 3 N–H and O–H groups in total. The number of nitrogens with one attached hydrogen (secondary N) is 1. The summed E-state index contributed by atoms with van der Waals surface area (Å²) >= 11 is 0. The van der Waals surface area contributed by atoms with E-state index in [4.69, 9.17) is 5.73 Å². The third-order valence-corrected chi connectivity index (χ3v) is 1.26. The summed E-state index contributed by atoms with van der Waals surface area (Å²) in [5.41, 5.74) is 5.40. The Morgan fingerprint density at radius 1 is 1.58 bits per heavy atom. The van der Waals surface area contributed by atoms with E-state index in [1.54, 1.807) is 0 Å². The zero-order valence-corrected chi connectivity index (χ0v) is 7.82. The SMILES string of the molecule is Nc1nc2[n-]cnc2c(=O)[nH]1.[Mo]. The number of aromatic nitrogens is 4. The van der Waals surface area contributed by atoms with E-state index in [9.17, 15) is 4.79 Å². The minimum atomic E-state index is -0.356. The Kier molecular flexibility index (Phi) is 2.28. The molecule has 0 bridgehead atoms. The summed E-state index contributed by atoms with van der Waals surface area (Å²) in [5.74, 6) is 0.0583. The van der Waals surface area contributed by atoms with Gasteiger partial charge in [-0.25, -0.2) is 0 Å². The molecule has 0 radical (unpaired) electrons. The number of H-pyrrole nitrogens is 1. The van der Waals surface area contributed by atoms with E-state index in [0.29, 0.717) is 0 Å². The molecule has 2 heterocycles. The van der Waals surface area contributed by atoms with E-state index in [2.05, 4.69) is 19.9 Å². The largest absolute Gasteiger partial charge is 0.382 e. The van der Waals surface area contributed by atoms with Gasteiger partial charge in [0.1, 0.15) is 5.95 Å². The van der Waals surface area contributed by atoms with E-state index < -0.39 is 0 Å². The molecule has 0 unspecified atom stereocenters. The van der Waals surface area contributed by atoms with Crippen LogP contribution in [-0.2, 0) is 21.1 Å². The molecule has 0 fully saturated rings. The van der Waals surface area contributed by atoms with Crippen molar-refractivity contribution >= 4 is 17.1 Å². The Hall–Kier alpha value is -1.16. The molecule has 0 aromatic carbocycles. The van der Waals surface area contributed by atoms with Crippen LogP contribution in [-0.4, -0.2) is 15.0 Å². The fourth-order valence-electron chi connectivity index (χ4n) is 0.820. The van der Waals surface area contributed by atoms with Crippen molar-refractivity contribution < 1.29 is 21.1 Å². The molecule has 0 aliphatic carbocycles. The first-order valence-corrected chi connectivity index (χ1v) is 2.90. The van der Waals surface area contributed by atoms with Gasteiger partial charge in [-0.3, -0.25) is 4.79 Å². The second kappa shape index (κ2) is 3.06. The number of hydrogen-bond donors (Lipinski definition) is 2. The van der Waals surface area contributed by atoms with Gasteiger partial charge in [-0.1, -0.05) is 0 Å². The summed E-state index contributed by atoms with van der Waals surface area (Å²) in [6.45, 7) is 0. The number of rotatable bonds is 0. The molecule has 2 rings (SSSR count). The molecule has 6 nitrogen and oxygen atoms in total. The van der Waals surface area contributed by atoms with Crippen LogP contribution in [0.1, 0.15) is 0 Å². The Labute approximate surface area is 80.9 Å². The molecule has 12 heavy (non-hydrogen) atoms. The molecule has 2 aromatic heterocycles. The van der Waals surface area contributed by atoms with E-state index in [-0.39, 0.29) is 43.7 Å². The number of fused-ring (bicyclic) bond motifs is 1. The van der Waals surface area contributed by atoms with Crippen LogP contribution >= 0.6 is 0 Å². The fourth-order valence-corrected chi connectivity index (χ4v) is 0.820. The second-order valence-electron chi connectivity index (χ2n) is 2.00. The minimum absolute atomic E-state index is 0. The number of hydrogen-bond acceptors (Lipinski definition) is 4. The maximum atomic E-state index is 11.0. The molecule has 62 valence electrons. The average Bonchev–Trinajstić information content (AvgIpc) is 2.34. The molecule has 0 saturated heterocycles. The van der Waals surface area contributed by atoms with Gasteiger partial charge < -0.3 is 25.7 Å². The van der Waals surface area contributed by atoms with Gasteiger partial charge in [0.2, 0.25) is 0 Å². The number of imidazole rings is 1. The van der Waals surface area contributed by atoms with Crippen molar-refractivity contribution in [2.75, 3.05) is 5.73 Å². The molecule has 0 saturated carbocycles. The van der Waals surface area contributed by atoms with Gasteiger partial charge in [0.05, 0.1) is 5.52 Å². The molecule has 0 aliphatic heterocycles. The van der Waals surface area contributed by atoms with Crippen LogP contribution in [0, 0.1) is 0 Å². The fraction of sp³-hybridized carbons (Fsp3) is 0. The Balaban J connectivity index is 0.000000720. The van der Waals surface area contributed by atoms with Crippen LogP contribution in [0.4, 0.5) is 5.95 Å². The van der Waals surface area contributed by atoms with Gasteiger partial charge in [0.15, 0.2) is 0 Å². The first kappa shape index (κ1) is 8.93. The van der Waals surface area contributed by atoms with Crippen molar-refractivity contribution in [3.05, 3.63) is 16.7 Å². The number of nitrogen functional groups attached to an aromatic ring is 1. The third kappa shape index (κ3) is 1.25. The summed E-state index contributed by atoms with van der Waals surface area (Å²) in [6, 6.07) is 0. The Morgan fingerprint density at radius 3 is 3.08 bits per heavy atom. The molecule has 0 aliphatic rings. The summed E-state index contributed by atoms with van der Waals surface area (Å²) in [4.78, 5) is 24.4. The van der Waals surface area contributed by atoms with Crippen molar-refractivity contribution in [3.63, 3.8) is 0 Å². The molecule has 0 spiro atoms. The summed E-state index contributed by atoms with van der Waals surface area (Å²) in [6.07, 6.45) is 1.27. The number of anilines is 1. The van der Waals surface area contributed by atoms with E-state index in [0.717, 1.165) is 0 Å². The quantitative estimate of drug-likeness (QED) is 0.572.